The molecule has 0 fully saturated rings. The minimum absolute atomic E-state index is 0.146. The summed E-state index contributed by atoms with van der Waals surface area (Å²) in [4.78, 5) is 26.5. The Morgan fingerprint density at radius 2 is 2.05 bits per heavy atom. The first-order chi connectivity index (χ1) is 10.6. The van der Waals surface area contributed by atoms with Crippen LogP contribution in [0.25, 0.3) is 0 Å². The van der Waals surface area contributed by atoms with Crippen LogP contribution in [0.1, 0.15) is 35.9 Å². The van der Waals surface area contributed by atoms with Crippen LogP contribution in [0, 0.1) is 0 Å². The summed E-state index contributed by atoms with van der Waals surface area (Å²) < 4.78 is 5.06. The van der Waals surface area contributed by atoms with Crippen molar-refractivity contribution in [2.75, 3.05) is 11.4 Å². The number of rotatable bonds is 5. The molecule has 5 nitrogen and oxygen atoms in total. The first-order valence-corrected chi connectivity index (χ1v) is 7.28. The van der Waals surface area contributed by atoms with Gasteiger partial charge in [0.1, 0.15) is 0 Å². The molecule has 0 aliphatic carbocycles. The number of carbonyl (C=O) groups is 2. The number of nitrogens with zero attached hydrogens (tertiary/aromatic N) is 1. The van der Waals surface area contributed by atoms with Gasteiger partial charge in [0.05, 0.1) is 18.4 Å². The summed E-state index contributed by atoms with van der Waals surface area (Å²) in [6.07, 6.45) is 1.84. The SMILES string of the molecule is CCCN1C(=O)[C@](O)(CC(=O)c2ccco2)c2ccccc21. The van der Waals surface area contributed by atoms with Crippen LogP contribution in [0.2, 0.25) is 0 Å². The molecular formula is C17H17NO4. The molecule has 0 bridgehead atoms. The Balaban J connectivity index is 1.98. The lowest BCUT2D eigenvalue weighted by molar-refractivity contribution is -0.135. The van der Waals surface area contributed by atoms with Gasteiger partial charge in [0.2, 0.25) is 5.78 Å². The molecule has 1 aromatic carbocycles. The van der Waals surface area contributed by atoms with Gasteiger partial charge in [-0.15, -0.1) is 0 Å². The largest absolute Gasteiger partial charge is 0.461 e. The van der Waals surface area contributed by atoms with Crippen molar-refractivity contribution < 1.29 is 19.1 Å². The zero-order chi connectivity index (χ0) is 15.7. The monoisotopic (exact) mass is 299 g/mol. The van der Waals surface area contributed by atoms with Crippen molar-refractivity contribution in [1.29, 1.82) is 0 Å². The number of ketones is 1. The van der Waals surface area contributed by atoms with Gasteiger partial charge in [0.15, 0.2) is 11.4 Å². The van der Waals surface area contributed by atoms with Gasteiger partial charge >= 0.3 is 0 Å². The van der Waals surface area contributed by atoms with Gasteiger partial charge in [0.25, 0.3) is 5.91 Å². The normalized spacial score (nSPS) is 20.3. The molecule has 2 heterocycles. The molecule has 0 radical (unpaired) electrons. The van der Waals surface area contributed by atoms with E-state index < -0.39 is 17.3 Å². The van der Waals surface area contributed by atoms with Crippen LogP contribution in [0.3, 0.4) is 0 Å². The average molecular weight is 299 g/mol. The van der Waals surface area contributed by atoms with Crippen LogP contribution in [0.4, 0.5) is 5.69 Å². The number of hydrogen-bond donors (Lipinski definition) is 1. The van der Waals surface area contributed by atoms with Crippen LogP contribution >= 0.6 is 0 Å². The quantitative estimate of drug-likeness (QED) is 0.861. The van der Waals surface area contributed by atoms with Crippen LogP contribution in [0.15, 0.2) is 47.1 Å². The van der Waals surface area contributed by atoms with Crippen molar-refractivity contribution in [2.24, 2.45) is 0 Å². The number of benzene rings is 1. The highest BCUT2D eigenvalue weighted by Crippen LogP contribution is 2.42. The maximum Gasteiger partial charge on any atom is 0.264 e. The Bertz CT molecular complexity index is 707. The number of furan rings is 1. The molecule has 114 valence electrons. The van der Waals surface area contributed by atoms with Gasteiger partial charge in [-0.2, -0.15) is 0 Å². The first kappa shape index (κ1) is 14.5. The Labute approximate surface area is 128 Å². The smallest absolute Gasteiger partial charge is 0.264 e. The number of hydrogen-bond acceptors (Lipinski definition) is 4. The molecule has 0 unspecified atom stereocenters. The summed E-state index contributed by atoms with van der Waals surface area (Å²) in [6.45, 7) is 2.47. The molecule has 5 heteroatoms. The molecule has 1 aliphatic rings. The number of Topliss-reactive ketones (excluding diaryl/α,β-unsaturated/α-hetero) is 1. The third-order valence-corrected chi connectivity index (χ3v) is 3.90. The summed E-state index contributed by atoms with van der Waals surface area (Å²) in [6, 6.07) is 10.2. The predicted molar refractivity (Wildman–Crippen MR) is 80.6 cm³/mol. The second-order valence-electron chi connectivity index (χ2n) is 5.41. The summed E-state index contributed by atoms with van der Waals surface area (Å²) >= 11 is 0. The minimum Gasteiger partial charge on any atom is -0.461 e. The van der Waals surface area contributed by atoms with E-state index in [1.165, 1.54) is 12.3 Å². The molecule has 0 saturated carbocycles. The fourth-order valence-corrected chi connectivity index (χ4v) is 2.88. The average Bonchev–Trinajstić information content (AvgIpc) is 3.11. The highest BCUT2D eigenvalue weighted by molar-refractivity contribution is 6.10. The lowest BCUT2D eigenvalue weighted by atomic mass is 9.89. The lowest BCUT2D eigenvalue weighted by Gasteiger charge is -2.22. The Morgan fingerprint density at radius 3 is 2.73 bits per heavy atom. The molecule has 22 heavy (non-hydrogen) atoms. The van der Waals surface area contributed by atoms with E-state index in [-0.39, 0.29) is 12.2 Å². The highest BCUT2D eigenvalue weighted by atomic mass is 16.3. The summed E-state index contributed by atoms with van der Waals surface area (Å²) in [5, 5.41) is 10.9. The van der Waals surface area contributed by atoms with Crippen molar-refractivity contribution in [3.05, 3.63) is 54.0 Å². The number of fused-ring (bicyclic) bond motifs is 1. The maximum absolute atomic E-state index is 12.7. The van der Waals surface area contributed by atoms with Gasteiger partial charge in [-0.25, -0.2) is 0 Å². The molecule has 1 aromatic heterocycles. The lowest BCUT2D eigenvalue weighted by Crippen LogP contribution is -2.42. The molecule has 1 atom stereocenters. The van der Waals surface area contributed by atoms with E-state index in [2.05, 4.69) is 0 Å². The summed E-state index contributed by atoms with van der Waals surface area (Å²) in [5.41, 5.74) is -0.673. The second kappa shape index (κ2) is 5.42. The summed E-state index contributed by atoms with van der Waals surface area (Å²) in [5.74, 6) is -0.697. The van der Waals surface area contributed by atoms with Crippen molar-refractivity contribution in [1.82, 2.24) is 0 Å². The van der Waals surface area contributed by atoms with Crippen molar-refractivity contribution in [2.45, 2.75) is 25.4 Å². The van der Waals surface area contributed by atoms with E-state index >= 15 is 0 Å². The van der Waals surface area contributed by atoms with Gasteiger partial charge in [0, 0.05) is 12.1 Å². The van der Waals surface area contributed by atoms with E-state index in [9.17, 15) is 14.7 Å². The third kappa shape index (κ3) is 2.14. The molecule has 1 N–H and O–H groups in total. The van der Waals surface area contributed by atoms with Crippen LogP contribution in [0.5, 0.6) is 0 Å². The van der Waals surface area contributed by atoms with Gasteiger partial charge in [-0.1, -0.05) is 25.1 Å². The standard InChI is InChI=1S/C17H17NO4/c1-2-9-18-13-7-4-3-6-12(13)17(21,16(18)20)11-14(19)15-8-5-10-22-15/h3-8,10,21H,2,9,11H2,1H3/t17-/m0/s1. The molecular weight excluding hydrogens is 282 g/mol. The Hall–Kier alpha value is -2.40. The minimum atomic E-state index is -1.82. The molecule has 0 spiro atoms. The van der Waals surface area contributed by atoms with Crippen LogP contribution in [-0.2, 0) is 10.4 Å². The first-order valence-electron chi connectivity index (χ1n) is 7.28. The predicted octanol–water partition coefficient (Wildman–Crippen LogP) is 2.50. The van der Waals surface area contributed by atoms with E-state index in [0.717, 1.165) is 6.42 Å². The maximum atomic E-state index is 12.7. The van der Waals surface area contributed by atoms with E-state index in [0.29, 0.717) is 17.8 Å². The van der Waals surface area contributed by atoms with Crippen LogP contribution in [-0.4, -0.2) is 23.3 Å². The topological polar surface area (TPSA) is 70.8 Å². The second-order valence-corrected chi connectivity index (χ2v) is 5.41. The number of carbonyl (C=O) groups excluding carboxylic acids is 2. The third-order valence-electron chi connectivity index (χ3n) is 3.90. The van der Waals surface area contributed by atoms with E-state index in [1.807, 2.05) is 13.0 Å². The summed E-state index contributed by atoms with van der Waals surface area (Å²) in [7, 11) is 0. The fourth-order valence-electron chi connectivity index (χ4n) is 2.88. The van der Waals surface area contributed by atoms with Crippen LogP contribution < -0.4 is 4.90 Å². The van der Waals surface area contributed by atoms with E-state index in [1.54, 1.807) is 29.2 Å². The number of amides is 1. The Kier molecular flexibility index (Phi) is 3.58. The number of aliphatic hydroxyl groups is 1. The fraction of sp³-hybridized carbons (Fsp3) is 0.294. The number of para-hydroxylation sites is 1. The van der Waals surface area contributed by atoms with Crippen molar-refractivity contribution >= 4 is 17.4 Å². The molecule has 2 aromatic rings. The zero-order valence-corrected chi connectivity index (χ0v) is 12.3. The molecule has 1 aliphatic heterocycles. The van der Waals surface area contributed by atoms with Gasteiger partial charge < -0.3 is 14.4 Å². The van der Waals surface area contributed by atoms with Gasteiger partial charge in [-0.05, 0) is 24.6 Å². The highest BCUT2D eigenvalue weighted by Gasteiger charge is 2.50. The molecule has 3 rings (SSSR count). The van der Waals surface area contributed by atoms with Gasteiger partial charge in [-0.3, -0.25) is 9.59 Å². The molecule has 1 amide bonds. The van der Waals surface area contributed by atoms with Crippen molar-refractivity contribution in [3.8, 4) is 0 Å². The number of anilines is 1. The Morgan fingerprint density at radius 1 is 1.27 bits per heavy atom. The van der Waals surface area contributed by atoms with Crippen molar-refractivity contribution in [3.63, 3.8) is 0 Å². The zero-order valence-electron chi connectivity index (χ0n) is 12.3. The van der Waals surface area contributed by atoms with E-state index in [4.69, 9.17) is 4.42 Å². The molecule has 0 saturated heterocycles.